The van der Waals surface area contributed by atoms with E-state index in [1.165, 1.54) is 19.2 Å². The molecule has 0 fully saturated rings. The molecule has 22 heavy (non-hydrogen) atoms. The van der Waals surface area contributed by atoms with Crippen molar-refractivity contribution >= 4 is 38.5 Å². The summed E-state index contributed by atoms with van der Waals surface area (Å²) in [4.78, 5) is 8.39. The zero-order valence-electron chi connectivity index (χ0n) is 11.5. The first-order chi connectivity index (χ1) is 10.6. The Kier molecular flexibility index (Phi) is 3.81. The van der Waals surface area contributed by atoms with Crippen molar-refractivity contribution in [3.8, 4) is 11.5 Å². The molecule has 0 saturated carbocycles. The van der Waals surface area contributed by atoms with E-state index in [2.05, 4.69) is 31.2 Å². The summed E-state index contributed by atoms with van der Waals surface area (Å²) in [6, 6.07) is 7.75. The van der Waals surface area contributed by atoms with Crippen molar-refractivity contribution in [1.29, 1.82) is 0 Å². The van der Waals surface area contributed by atoms with Crippen molar-refractivity contribution in [2.75, 3.05) is 12.4 Å². The van der Waals surface area contributed by atoms with Gasteiger partial charge in [0.25, 0.3) is 0 Å². The molecule has 1 aromatic heterocycles. The molecule has 0 radical (unpaired) electrons. The minimum Gasteiger partial charge on any atom is -0.504 e. The molecule has 2 aromatic carbocycles. The van der Waals surface area contributed by atoms with Crippen LogP contribution in [0.3, 0.4) is 0 Å². The van der Waals surface area contributed by atoms with Gasteiger partial charge in [0.1, 0.15) is 5.82 Å². The third-order valence-electron chi connectivity index (χ3n) is 3.06. The Bertz CT molecular complexity index is 858. The summed E-state index contributed by atoms with van der Waals surface area (Å²) in [5, 5.41) is 13.3. The van der Waals surface area contributed by atoms with Gasteiger partial charge in [-0.25, -0.2) is 14.4 Å². The third kappa shape index (κ3) is 2.80. The van der Waals surface area contributed by atoms with Gasteiger partial charge in [0.2, 0.25) is 5.95 Å². The minimum absolute atomic E-state index is 0.0190. The van der Waals surface area contributed by atoms with E-state index >= 15 is 0 Å². The van der Waals surface area contributed by atoms with Crippen LogP contribution >= 0.6 is 15.9 Å². The number of methoxy groups -OCH3 is 1. The van der Waals surface area contributed by atoms with E-state index in [1.54, 1.807) is 24.4 Å². The van der Waals surface area contributed by atoms with Crippen molar-refractivity contribution in [3.05, 3.63) is 46.8 Å². The summed E-state index contributed by atoms with van der Waals surface area (Å²) in [5.74, 6) is 0.138. The minimum atomic E-state index is -0.421. The zero-order chi connectivity index (χ0) is 15.7. The summed E-state index contributed by atoms with van der Waals surface area (Å²) in [7, 11) is 1.47. The SMILES string of the molecule is COc1cc2cnc(Nc3ccc(Br)cc3F)nc2cc1O. The van der Waals surface area contributed by atoms with E-state index in [4.69, 9.17) is 4.74 Å². The highest BCUT2D eigenvalue weighted by atomic mass is 79.9. The quantitative estimate of drug-likeness (QED) is 0.736. The first kappa shape index (κ1) is 14.5. The Labute approximate surface area is 133 Å². The average molecular weight is 364 g/mol. The van der Waals surface area contributed by atoms with Crippen LogP contribution in [0, 0.1) is 5.82 Å². The molecular formula is C15H11BrFN3O2. The molecule has 0 unspecified atom stereocenters. The van der Waals surface area contributed by atoms with Gasteiger partial charge >= 0.3 is 0 Å². The predicted octanol–water partition coefficient (Wildman–Crippen LogP) is 3.99. The fourth-order valence-corrected chi connectivity index (χ4v) is 2.32. The Morgan fingerprint density at radius 2 is 2.09 bits per heavy atom. The second-order valence-corrected chi connectivity index (χ2v) is 5.44. The normalized spacial score (nSPS) is 10.7. The number of aromatic nitrogens is 2. The predicted molar refractivity (Wildman–Crippen MR) is 85.1 cm³/mol. The number of anilines is 2. The highest BCUT2D eigenvalue weighted by molar-refractivity contribution is 9.10. The number of rotatable bonds is 3. The van der Waals surface area contributed by atoms with E-state index in [0.717, 1.165) is 0 Å². The van der Waals surface area contributed by atoms with Crippen LogP contribution in [0.2, 0.25) is 0 Å². The Morgan fingerprint density at radius 3 is 2.82 bits per heavy atom. The standard InChI is InChI=1S/C15H11BrFN3O2/c1-22-14-4-8-7-18-15(20-12(8)6-13(14)21)19-11-3-2-9(16)5-10(11)17/h2-7,21H,1H3,(H,18,19,20). The highest BCUT2D eigenvalue weighted by Gasteiger charge is 2.08. The van der Waals surface area contributed by atoms with Gasteiger partial charge in [-0.15, -0.1) is 0 Å². The fraction of sp³-hybridized carbons (Fsp3) is 0.0667. The van der Waals surface area contributed by atoms with Gasteiger partial charge in [0.15, 0.2) is 11.5 Å². The number of ether oxygens (including phenoxy) is 1. The van der Waals surface area contributed by atoms with E-state index in [0.29, 0.717) is 21.1 Å². The molecule has 0 amide bonds. The van der Waals surface area contributed by atoms with Crippen molar-refractivity contribution in [2.45, 2.75) is 0 Å². The van der Waals surface area contributed by atoms with Crippen LogP contribution in [0.5, 0.6) is 11.5 Å². The maximum absolute atomic E-state index is 13.8. The molecule has 0 aliphatic rings. The van der Waals surface area contributed by atoms with E-state index < -0.39 is 5.82 Å². The lowest BCUT2D eigenvalue weighted by Crippen LogP contribution is -1.99. The summed E-state index contributed by atoms with van der Waals surface area (Å²) in [6.07, 6.45) is 1.57. The average Bonchev–Trinajstić information content (AvgIpc) is 2.49. The van der Waals surface area contributed by atoms with E-state index in [-0.39, 0.29) is 17.4 Å². The topological polar surface area (TPSA) is 67.3 Å². The monoisotopic (exact) mass is 363 g/mol. The number of hydrogen-bond donors (Lipinski definition) is 2. The molecule has 2 N–H and O–H groups in total. The molecule has 0 spiro atoms. The molecule has 0 bridgehead atoms. The smallest absolute Gasteiger partial charge is 0.227 e. The van der Waals surface area contributed by atoms with Crippen molar-refractivity contribution in [2.24, 2.45) is 0 Å². The molecule has 5 nitrogen and oxygen atoms in total. The number of phenolic OH excluding ortho intramolecular Hbond substituents is 1. The number of nitrogens with one attached hydrogen (secondary N) is 1. The first-order valence-corrected chi connectivity index (χ1v) is 7.12. The van der Waals surface area contributed by atoms with Gasteiger partial charge in [0, 0.05) is 22.1 Å². The molecule has 0 aliphatic heterocycles. The molecular weight excluding hydrogens is 353 g/mol. The number of benzene rings is 2. The Morgan fingerprint density at radius 1 is 1.27 bits per heavy atom. The first-order valence-electron chi connectivity index (χ1n) is 6.32. The lowest BCUT2D eigenvalue weighted by atomic mass is 10.2. The Balaban J connectivity index is 1.98. The highest BCUT2D eigenvalue weighted by Crippen LogP contribution is 2.30. The molecule has 0 atom stereocenters. The third-order valence-corrected chi connectivity index (χ3v) is 3.55. The molecule has 0 aliphatic carbocycles. The molecule has 1 heterocycles. The van der Waals surface area contributed by atoms with Crippen molar-refractivity contribution in [1.82, 2.24) is 9.97 Å². The van der Waals surface area contributed by atoms with Crippen LogP contribution in [0.15, 0.2) is 41.0 Å². The van der Waals surface area contributed by atoms with Gasteiger partial charge in [0.05, 0.1) is 18.3 Å². The molecule has 7 heteroatoms. The second-order valence-electron chi connectivity index (χ2n) is 4.53. The molecule has 0 saturated heterocycles. The molecule has 3 aromatic rings. The van der Waals surface area contributed by atoms with Crippen LogP contribution in [-0.4, -0.2) is 22.2 Å². The van der Waals surface area contributed by atoms with Crippen LogP contribution in [0.4, 0.5) is 16.0 Å². The van der Waals surface area contributed by atoms with Gasteiger partial charge in [-0.3, -0.25) is 0 Å². The molecule has 112 valence electrons. The number of aromatic hydroxyl groups is 1. The van der Waals surface area contributed by atoms with Crippen LogP contribution in [-0.2, 0) is 0 Å². The van der Waals surface area contributed by atoms with Gasteiger partial charge < -0.3 is 15.2 Å². The number of phenols is 1. The van der Waals surface area contributed by atoms with Crippen LogP contribution in [0.25, 0.3) is 10.9 Å². The maximum Gasteiger partial charge on any atom is 0.227 e. The fourth-order valence-electron chi connectivity index (χ4n) is 1.98. The number of nitrogens with zero attached hydrogens (tertiary/aromatic N) is 2. The number of halogens is 2. The summed E-state index contributed by atoms with van der Waals surface area (Å²) in [6.45, 7) is 0. The zero-order valence-corrected chi connectivity index (χ0v) is 13.1. The van der Waals surface area contributed by atoms with Crippen LogP contribution < -0.4 is 10.1 Å². The second kappa shape index (κ2) is 5.76. The Hall–Kier alpha value is -2.41. The maximum atomic E-state index is 13.8. The van der Waals surface area contributed by atoms with E-state index in [1.807, 2.05) is 0 Å². The van der Waals surface area contributed by atoms with Crippen molar-refractivity contribution in [3.63, 3.8) is 0 Å². The summed E-state index contributed by atoms with van der Waals surface area (Å²) >= 11 is 3.20. The van der Waals surface area contributed by atoms with Gasteiger partial charge in [-0.1, -0.05) is 15.9 Å². The summed E-state index contributed by atoms with van der Waals surface area (Å²) < 4.78 is 19.5. The van der Waals surface area contributed by atoms with E-state index in [9.17, 15) is 9.50 Å². The van der Waals surface area contributed by atoms with Crippen molar-refractivity contribution < 1.29 is 14.2 Å². The molecule has 3 rings (SSSR count). The van der Waals surface area contributed by atoms with Gasteiger partial charge in [-0.05, 0) is 24.3 Å². The van der Waals surface area contributed by atoms with Gasteiger partial charge in [-0.2, -0.15) is 0 Å². The summed E-state index contributed by atoms with van der Waals surface area (Å²) in [5.41, 5.74) is 0.786. The lowest BCUT2D eigenvalue weighted by Gasteiger charge is -2.08. The lowest BCUT2D eigenvalue weighted by molar-refractivity contribution is 0.374. The van der Waals surface area contributed by atoms with Crippen LogP contribution in [0.1, 0.15) is 0 Å². The largest absolute Gasteiger partial charge is 0.504 e. The number of fused-ring (bicyclic) bond motifs is 1. The number of hydrogen-bond acceptors (Lipinski definition) is 5.